The minimum atomic E-state index is -1.46. The fourth-order valence-electron chi connectivity index (χ4n) is 2.88. The van der Waals surface area contributed by atoms with Crippen LogP contribution in [0.5, 0.6) is 0 Å². The normalized spacial score (nSPS) is 34.8. The third kappa shape index (κ3) is 6.83. The number of rotatable bonds is 10. The highest BCUT2D eigenvalue weighted by molar-refractivity contribution is 8.77. The van der Waals surface area contributed by atoms with Crippen molar-refractivity contribution in [3.05, 3.63) is 0 Å². The molecule has 5 N–H and O–H groups in total. The van der Waals surface area contributed by atoms with Crippen LogP contribution in [0, 0.1) is 0 Å². The maximum atomic E-state index is 11.8. The van der Waals surface area contributed by atoms with Crippen LogP contribution in [0.2, 0.25) is 0 Å². The molecular formula is C16H29NO7S2. The molecule has 6 atom stereocenters. The molecule has 2 aliphatic heterocycles. The molecule has 10 heteroatoms. The van der Waals surface area contributed by atoms with Gasteiger partial charge in [-0.15, -0.1) is 0 Å². The molecule has 0 aromatic heterocycles. The van der Waals surface area contributed by atoms with Crippen LogP contribution in [0.4, 0.5) is 0 Å². The van der Waals surface area contributed by atoms with Crippen LogP contribution in [-0.4, -0.2) is 87.8 Å². The quantitative estimate of drug-likeness (QED) is 0.242. The number of aliphatic hydroxyl groups excluding tert-OH is 4. The molecule has 2 heterocycles. The number of carbonyl (C=O) groups excluding carboxylic acids is 1. The first-order valence-electron chi connectivity index (χ1n) is 9.00. The first-order chi connectivity index (χ1) is 12.5. The minimum Gasteiger partial charge on any atom is -0.394 e. The molecule has 0 saturated carbocycles. The number of hydrogen-bond donors (Lipinski definition) is 5. The van der Waals surface area contributed by atoms with Crippen molar-refractivity contribution in [2.45, 2.75) is 68.1 Å². The number of aliphatic hydroxyl groups is 4. The monoisotopic (exact) mass is 411 g/mol. The predicted octanol–water partition coefficient (Wildman–Crippen LogP) is -0.367. The molecule has 0 spiro atoms. The second kappa shape index (κ2) is 11.7. The van der Waals surface area contributed by atoms with Gasteiger partial charge in [0.1, 0.15) is 24.4 Å². The molecule has 2 fully saturated rings. The van der Waals surface area contributed by atoms with Crippen molar-refractivity contribution < 1.29 is 34.7 Å². The number of unbranched alkanes of at least 4 members (excludes halogenated alkanes) is 1. The predicted molar refractivity (Wildman–Crippen MR) is 99.7 cm³/mol. The average molecular weight is 412 g/mol. The van der Waals surface area contributed by atoms with Gasteiger partial charge in [0.15, 0.2) is 6.29 Å². The van der Waals surface area contributed by atoms with E-state index in [0.29, 0.717) is 6.42 Å². The Bertz CT molecular complexity index is 423. The fraction of sp³-hybridized carbons (Fsp3) is 0.938. The Morgan fingerprint density at radius 2 is 2.00 bits per heavy atom. The van der Waals surface area contributed by atoms with Gasteiger partial charge in [0.05, 0.1) is 13.2 Å². The van der Waals surface area contributed by atoms with E-state index in [1.165, 1.54) is 12.2 Å². The van der Waals surface area contributed by atoms with Crippen molar-refractivity contribution in [1.82, 2.24) is 5.32 Å². The molecule has 1 unspecified atom stereocenters. The summed E-state index contributed by atoms with van der Waals surface area (Å²) >= 11 is 0. The Morgan fingerprint density at radius 1 is 1.19 bits per heavy atom. The maximum Gasteiger partial charge on any atom is 0.220 e. The molecule has 2 saturated heterocycles. The van der Waals surface area contributed by atoms with E-state index in [9.17, 15) is 20.1 Å². The van der Waals surface area contributed by atoms with Gasteiger partial charge in [0.2, 0.25) is 5.91 Å². The lowest BCUT2D eigenvalue weighted by Gasteiger charge is -2.39. The summed E-state index contributed by atoms with van der Waals surface area (Å²) in [5, 5.41) is 41.8. The smallest absolute Gasteiger partial charge is 0.220 e. The first-order valence-corrected chi connectivity index (χ1v) is 11.4. The lowest BCUT2D eigenvalue weighted by atomic mass is 9.99. The summed E-state index contributed by atoms with van der Waals surface area (Å²) in [6, 6.07) is 0. The average Bonchev–Trinajstić information content (AvgIpc) is 3.15. The summed E-state index contributed by atoms with van der Waals surface area (Å²) in [5.41, 5.74) is 0. The van der Waals surface area contributed by atoms with Crippen LogP contribution < -0.4 is 5.32 Å². The van der Waals surface area contributed by atoms with E-state index >= 15 is 0 Å². The minimum absolute atomic E-state index is 0.0455. The van der Waals surface area contributed by atoms with Crippen molar-refractivity contribution in [1.29, 1.82) is 0 Å². The molecule has 0 radical (unpaired) electrons. The molecule has 0 aromatic rings. The van der Waals surface area contributed by atoms with Crippen molar-refractivity contribution in [2.75, 3.05) is 25.5 Å². The number of amides is 1. The zero-order valence-corrected chi connectivity index (χ0v) is 16.3. The molecule has 2 rings (SSSR count). The van der Waals surface area contributed by atoms with Gasteiger partial charge < -0.3 is 35.2 Å². The van der Waals surface area contributed by atoms with Gasteiger partial charge >= 0.3 is 0 Å². The largest absolute Gasteiger partial charge is 0.394 e. The van der Waals surface area contributed by atoms with Gasteiger partial charge in [-0.05, 0) is 19.3 Å². The third-order valence-electron chi connectivity index (χ3n) is 4.46. The molecule has 8 nitrogen and oxygen atoms in total. The van der Waals surface area contributed by atoms with Crippen LogP contribution in [0.3, 0.4) is 0 Å². The molecule has 0 aliphatic carbocycles. The van der Waals surface area contributed by atoms with E-state index in [2.05, 4.69) is 5.32 Å². The van der Waals surface area contributed by atoms with Gasteiger partial charge in [-0.1, -0.05) is 28.0 Å². The number of hydrogen-bond acceptors (Lipinski definition) is 9. The molecule has 0 aromatic carbocycles. The summed E-state index contributed by atoms with van der Waals surface area (Å²) in [5.74, 6) is 1.18. The van der Waals surface area contributed by atoms with Crippen LogP contribution in [-0.2, 0) is 14.3 Å². The third-order valence-corrected chi connectivity index (χ3v) is 7.47. The zero-order valence-electron chi connectivity index (χ0n) is 14.7. The summed E-state index contributed by atoms with van der Waals surface area (Å²) in [4.78, 5) is 11.8. The van der Waals surface area contributed by atoms with Gasteiger partial charge in [-0.2, -0.15) is 0 Å². The summed E-state index contributed by atoms with van der Waals surface area (Å²) in [6.07, 6.45) is -1.64. The first kappa shape index (κ1) is 22.2. The molecule has 26 heavy (non-hydrogen) atoms. The Balaban J connectivity index is 1.54. The molecular weight excluding hydrogens is 382 g/mol. The highest BCUT2D eigenvalue weighted by Crippen LogP contribution is 2.39. The Morgan fingerprint density at radius 3 is 2.69 bits per heavy atom. The molecule has 152 valence electrons. The topological polar surface area (TPSA) is 128 Å². The van der Waals surface area contributed by atoms with Crippen LogP contribution in [0.1, 0.15) is 32.1 Å². The summed E-state index contributed by atoms with van der Waals surface area (Å²) in [7, 11) is 3.88. The Kier molecular flexibility index (Phi) is 10.0. The summed E-state index contributed by atoms with van der Waals surface area (Å²) in [6.45, 7) is -0.160. The van der Waals surface area contributed by atoms with Crippen LogP contribution >= 0.6 is 21.6 Å². The van der Waals surface area contributed by atoms with Gasteiger partial charge in [-0.3, -0.25) is 4.79 Å². The van der Waals surface area contributed by atoms with E-state index in [4.69, 9.17) is 14.6 Å². The van der Waals surface area contributed by atoms with Crippen molar-refractivity contribution in [2.24, 2.45) is 0 Å². The second-order valence-corrected chi connectivity index (χ2v) is 9.28. The highest BCUT2D eigenvalue weighted by Gasteiger charge is 2.43. The SMILES string of the molecule is O=C(CCCCC1CCSS1)NCCO[C@H]1O[C@H](CO)[C@H](O)[C@H](O)[C@H]1O. The van der Waals surface area contributed by atoms with Crippen molar-refractivity contribution in [3.63, 3.8) is 0 Å². The Labute approximate surface area is 161 Å². The van der Waals surface area contributed by atoms with E-state index < -0.39 is 37.3 Å². The van der Waals surface area contributed by atoms with Crippen LogP contribution in [0.15, 0.2) is 0 Å². The van der Waals surface area contributed by atoms with Gasteiger partial charge in [-0.25, -0.2) is 0 Å². The van der Waals surface area contributed by atoms with Crippen LogP contribution in [0.25, 0.3) is 0 Å². The van der Waals surface area contributed by atoms with E-state index in [-0.39, 0.29) is 19.1 Å². The van der Waals surface area contributed by atoms with E-state index in [0.717, 1.165) is 24.5 Å². The van der Waals surface area contributed by atoms with E-state index in [1.54, 1.807) is 0 Å². The van der Waals surface area contributed by atoms with Crippen molar-refractivity contribution in [3.8, 4) is 0 Å². The lowest BCUT2D eigenvalue weighted by molar-refractivity contribution is -0.300. The Hall–Kier alpha value is -0.0700. The molecule has 2 aliphatic rings. The number of nitrogens with one attached hydrogen (secondary N) is 1. The van der Waals surface area contributed by atoms with Gasteiger partial charge in [0, 0.05) is 24.0 Å². The standard InChI is InChI=1S/C16H29NO7S2/c18-9-11-13(20)14(21)15(22)16(24-11)23-7-6-17-12(19)4-2-1-3-10-5-8-25-26-10/h10-11,13-16,18,20-22H,1-9H2,(H,17,19)/t10?,11-,13+,14+,15-,16+/m1/s1. The molecule has 1 amide bonds. The van der Waals surface area contributed by atoms with E-state index in [1.807, 2.05) is 21.6 Å². The maximum absolute atomic E-state index is 11.8. The summed E-state index contributed by atoms with van der Waals surface area (Å²) < 4.78 is 10.5. The molecule has 0 bridgehead atoms. The fourth-order valence-corrected chi connectivity index (χ4v) is 5.91. The van der Waals surface area contributed by atoms with Crippen molar-refractivity contribution >= 4 is 27.5 Å². The number of ether oxygens (including phenoxy) is 2. The number of carbonyl (C=O) groups is 1. The second-order valence-electron chi connectivity index (χ2n) is 6.49. The zero-order chi connectivity index (χ0) is 18.9. The lowest BCUT2D eigenvalue weighted by Crippen LogP contribution is -2.59. The highest BCUT2D eigenvalue weighted by atomic mass is 33.1. The van der Waals surface area contributed by atoms with Gasteiger partial charge in [0.25, 0.3) is 0 Å².